The first kappa shape index (κ1) is 16.7. The zero-order valence-corrected chi connectivity index (χ0v) is 18.1. The minimum absolute atomic E-state index is 0.421. The molecule has 0 saturated carbocycles. The molecule has 3 aliphatic heterocycles. The van der Waals surface area contributed by atoms with Crippen molar-refractivity contribution >= 4 is 47.7 Å². The standard InChI is InChI=1S/C24H24P2/c1-13-7-19-20(8-14(13)2)26-23-11-17(5)15(3)9-21(23)25(19)22-10-16(4)18(6)12-24(22)26/h7-12H,1-6H3. The minimum Gasteiger partial charge on any atom is -0.0500 e. The lowest BCUT2D eigenvalue weighted by Crippen LogP contribution is -2.54. The van der Waals surface area contributed by atoms with E-state index >= 15 is 0 Å². The summed E-state index contributed by atoms with van der Waals surface area (Å²) in [5.41, 5.74) is 8.62. The molecule has 2 heteroatoms. The van der Waals surface area contributed by atoms with Gasteiger partial charge in [0.2, 0.25) is 0 Å². The smallest absolute Gasteiger partial charge is 0.00643 e. The van der Waals surface area contributed by atoms with Gasteiger partial charge in [0.05, 0.1) is 0 Å². The van der Waals surface area contributed by atoms with Gasteiger partial charge in [0.1, 0.15) is 0 Å². The molecule has 3 aromatic rings. The van der Waals surface area contributed by atoms with Crippen LogP contribution in [0.1, 0.15) is 33.4 Å². The molecule has 2 bridgehead atoms. The normalized spacial score (nSPS) is 19.2. The van der Waals surface area contributed by atoms with Crippen LogP contribution in [-0.2, 0) is 0 Å². The average Bonchev–Trinajstić information content (AvgIpc) is 2.58. The third-order valence-corrected chi connectivity index (χ3v) is 11.9. The highest BCUT2D eigenvalue weighted by Gasteiger charge is 2.42. The van der Waals surface area contributed by atoms with Gasteiger partial charge in [-0.3, -0.25) is 0 Å². The van der Waals surface area contributed by atoms with Crippen LogP contribution in [0, 0.1) is 41.5 Å². The number of hydrogen-bond acceptors (Lipinski definition) is 0. The molecular formula is C24H24P2. The molecule has 0 fully saturated rings. The second-order valence-corrected chi connectivity index (χ2v) is 12.2. The molecule has 0 amide bonds. The fourth-order valence-corrected chi connectivity index (χ4v) is 11.3. The van der Waals surface area contributed by atoms with Gasteiger partial charge in [-0.1, -0.05) is 0 Å². The molecule has 0 spiro atoms. The highest BCUT2D eigenvalue weighted by atomic mass is 31.1. The molecule has 3 aliphatic rings. The van der Waals surface area contributed by atoms with Gasteiger partial charge in [-0.25, -0.2) is 0 Å². The van der Waals surface area contributed by atoms with E-state index in [1.165, 1.54) is 33.4 Å². The fourth-order valence-electron chi connectivity index (χ4n) is 4.21. The SMILES string of the molecule is Cc1cc2c(cc1C)P1c3cc(C)c(C)cc3P2c2cc(C)c(C)cc21. The van der Waals surface area contributed by atoms with Crippen molar-refractivity contribution < 1.29 is 0 Å². The van der Waals surface area contributed by atoms with Crippen LogP contribution in [0.3, 0.4) is 0 Å². The fraction of sp³-hybridized carbons (Fsp3) is 0.250. The van der Waals surface area contributed by atoms with Crippen LogP contribution in [0.25, 0.3) is 0 Å². The molecule has 0 nitrogen and oxygen atoms in total. The van der Waals surface area contributed by atoms with Crippen LogP contribution in [0.15, 0.2) is 36.4 Å². The monoisotopic (exact) mass is 374 g/mol. The van der Waals surface area contributed by atoms with Crippen molar-refractivity contribution in [2.45, 2.75) is 41.5 Å². The summed E-state index contributed by atoms with van der Waals surface area (Å²) < 4.78 is 0. The highest BCUT2D eigenvalue weighted by molar-refractivity contribution is 7.95. The maximum Gasteiger partial charge on any atom is -0.00643 e. The van der Waals surface area contributed by atoms with Gasteiger partial charge in [0.25, 0.3) is 0 Å². The maximum absolute atomic E-state index is 2.50. The summed E-state index contributed by atoms with van der Waals surface area (Å²) in [4.78, 5) is 0. The van der Waals surface area contributed by atoms with E-state index in [1.807, 2.05) is 0 Å². The summed E-state index contributed by atoms with van der Waals surface area (Å²) in [6.07, 6.45) is 0. The summed E-state index contributed by atoms with van der Waals surface area (Å²) >= 11 is 0. The van der Waals surface area contributed by atoms with Crippen LogP contribution < -0.4 is 31.8 Å². The largest absolute Gasteiger partial charge is 0.0500 e. The topological polar surface area (TPSA) is 0 Å². The molecule has 0 aromatic heterocycles. The second-order valence-electron chi connectivity index (χ2n) is 7.95. The number of rotatable bonds is 0. The number of aryl methyl sites for hydroxylation is 6. The van der Waals surface area contributed by atoms with Crippen molar-refractivity contribution in [3.05, 3.63) is 69.8 Å². The third-order valence-electron chi connectivity index (χ3n) is 6.22. The predicted octanol–water partition coefficient (Wildman–Crippen LogP) is 3.68. The van der Waals surface area contributed by atoms with Gasteiger partial charge in [-0.15, -0.1) is 0 Å². The first-order chi connectivity index (χ1) is 12.4. The van der Waals surface area contributed by atoms with Crippen LogP contribution in [-0.4, -0.2) is 0 Å². The Morgan fingerprint density at radius 1 is 0.346 bits per heavy atom. The highest BCUT2D eigenvalue weighted by Crippen LogP contribution is 2.51. The number of benzene rings is 3. The molecule has 3 heterocycles. The maximum atomic E-state index is 2.50. The average molecular weight is 374 g/mol. The zero-order valence-electron chi connectivity index (χ0n) is 16.4. The lowest BCUT2D eigenvalue weighted by atomic mass is 10.1. The Balaban J connectivity index is 1.91. The molecule has 26 heavy (non-hydrogen) atoms. The van der Waals surface area contributed by atoms with E-state index < -0.39 is 15.8 Å². The summed E-state index contributed by atoms with van der Waals surface area (Å²) in [6.45, 7) is 13.6. The van der Waals surface area contributed by atoms with Gasteiger partial charge in [0.15, 0.2) is 0 Å². The van der Waals surface area contributed by atoms with E-state index in [4.69, 9.17) is 0 Å². The van der Waals surface area contributed by atoms with Gasteiger partial charge >= 0.3 is 0 Å². The summed E-state index contributed by atoms with van der Waals surface area (Å²) in [7, 11) is -0.841. The molecule has 3 aromatic carbocycles. The Hall–Kier alpha value is -1.48. The van der Waals surface area contributed by atoms with Crippen LogP contribution in [0.4, 0.5) is 0 Å². The summed E-state index contributed by atoms with van der Waals surface area (Å²) in [6, 6.07) is 15.0. The Morgan fingerprint density at radius 3 is 0.654 bits per heavy atom. The first-order valence-electron chi connectivity index (χ1n) is 9.31. The van der Waals surface area contributed by atoms with Crippen molar-refractivity contribution in [1.29, 1.82) is 0 Å². The lowest BCUT2D eigenvalue weighted by Gasteiger charge is -2.43. The van der Waals surface area contributed by atoms with Crippen LogP contribution in [0.5, 0.6) is 0 Å². The minimum atomic E-state index is -0.421. The van der Waals surface area contributed by atoms with Crippen molar-refractivity contribution in [3.8, 4) is 0 Å². The van der Waals surface area contributed by atoms with Crippen molar-refractivity contribution in [2.24, 2.45) is 0 Å². The van der Waals surface area contributed by atoms with Gasteiger partial charge in [0, 0.05) is 0 Å². The number of hydrogen-bond donors (Lipinski definition) is 0. The molecule has 0 unspecified atom stereocenters. The van der Waals surface area contributed by atoms with Gasteiger partial charge in [-0.2, -0.15) is 0 Å². The van der Waals surface area contributed by atoms with Gasteiger partial charge < -0.3 is 0 Å². The van der Waals surface area contributed by atoms with Crippen molar-refractivity contribution in [2.75, 3.05) is 0 Å². The predicted molar refractivity (Wildman–Crippen MR) is 119 cm³/mol. The van der Waals surface area contributed by atoms with E-state index in [2.05, 4.69) is 77.9 Å². The van der Waals surface area contributed by atoms with E-state index in [1.54, 1.807) is 31.8 Å². The summed E-state index contributed by atoms with van der Waals surface area (Å²) in [5.74, 6) is 0. The summed E-state index contributed by atoms with van der Waals surface area (Å²) in [5, 5.41) is 9.75. The quantitative estimate of drug-likeness (QED) is 0.363. The van der Waals surface area contributed by atoms with E-state index in [0.29, 0.717) is 0 Å². The van der Waals surface area contributed by atoms with Crippen LogP contribution >= 0.6 is 15.8 Å². The molecule has 0 atom stereocenters. The lowest BCUT2D eigenvalue weighted by molar-refractivity contribution is 1.35. The molecule has 0 radical (unpaired) electrons. The Bertz CT molecular complexity index is 879. The molecule has 0 aliphatic carbocycles. The zero-order chi connectivity index (χ0) is 18.3. The van der Waals surface area contributed by atoms with E-state index in [0.717, 1.165) is 0 Å². The molecule has 130 valence electrons. The Morgan fingerprint density at radius 2 is 0.500 bits per heavy atom. The molecular weight excluding hydrogens is 350 g/mol. The van der Waals surface area contributed by atoms with E-state index in [9.17, 15) is 0 Å². The van der Waals surface area contributed by atoms with Gasteiger partial charge in [-0.05, 0) is 159 Å². The Labute approximate surface area is 159 Å². The first-order valence-corrected chi connectivity index (χ1v) is 12.0. The molecule has 0 saturated heterocycles. The molecule has 6 rings (SSSR count). The van der Waals surface area contributed by atoms with Crippen molar-refractivity contribution in [1.82, 2.24) is 0 Å². The van der Waals surface area contributed by atoms with Crippen molar-refractivity contribution in [3.63, 3.8) is 0 Å². The third kappa shape index (κ3) is 2.10. The molecule has 0 N–H and O–H groups in total. The Kier molecular flexibility index (Phi) is 3.54. The second kappa shape index (κ2) is 5.51. The van der Waals surface area contributed by atoms with E-state index in [-0.39, 0.29) is 0 Å². The van der Waals surface area contributed by atoms with Crippen LogP contribution in [0.2, 0.25) is 0 Å².